The summed E-state index contributed by atoms with van der Waals surface area (Å²) in [5.41, 5.74) is 0.213. The van der Waals surface area contributed by atoms with Crippen LogP contribution in [0.2, 0.25) is 0 Å². The second kappa shape index (κ2) is 6.55. The summed E-state index contributed by atoms with van der Waals surface area (Å²) in [5.74, 6) is -0.965. The highest BCUT2D eigenvalue weighted by atomic mass is 19.1. The van der Waals surface area contributed by atoms with Crippen LogP contribution in [0.25, 0.3) is 0 Å². The molecule has 1 rings (SSSR count). The predicted molar refractivity (Wildman–Crippen MR) is 57.2 cm³/mol. The Hall–Kier alpha value is -1.00. The second-order valence-electron chi connectivity index (χ2n) is 3.73. The number of methoxy groups -OCH3 is 1. The van der Waals surface area contributed by atoms with Gasteiger partial charge in [-0.3, -0.25) is 0 Å². The van der Waals surface area contributed by atoms with Gasteiger partial charge in [0.15, 0.2) is 0 Å². The molecule has 0 aliphatic heterocycles. The maximum Gasteiger partial charge on any atom is 0.126 e. The van der Waals surface area contributed by atoms with Crippen molar-refractivity contribution in [1.29, 1.82) is 0 Å². The van der Waals surface area contributed by atoms with E-state index in [0.717, 1.165) is 18.2 Å². The summed E-state index contributed by atoms with van der Waals surface area (Å²) in [7, 11) is 1.58. The smallest absolute Gasteiger partial charge is 0.126 e. The number of hydrogen-bond donors (Lipinski definition) is 1. The van der Waals surface area contributed by atoms with E-state index in [-0.39, 0.29) is 12.0 Å². The number of aliphatic hydroxyl groups excluding tert-OH is 1. The van der Waals surface area contributed by atoms with Crippen LogP contribution in [0.5, 0.6) is 0 Å². The third-order valence-electron chi connectivity index (χ3n) is 2.35. The molecule has 0 spiro atoms. The van der Waals surface area contributed by atoms with Crippen LogP contribution in [0.3, 0.4) is 0 Å². The molecule has 0 aliphatic carbocycles. The highest BCUT2D eigenvalue weighted by molar-refractivity contribution is 5.19. The number of hydrogen-bond acceptors (Lipinski definition) is 2. The molecular formula is C12H16F2O2. The molecule has 1 atom stereocenters. The van der Waals surface area contributed by atoms with Crippen LogP contribution in [0.15, 0.2) is 18.2 Å². The van der Waals surface area contributed by atoms with Crippen LogP contribution >= 0.6 is 0 Å². The van der Waals surface area contributed by atoms with Gasteiger partial charge in [0.2, 0.25) is 0 Å². The van der Waals surface area contributed by atoms with Crippen molar-refractivity contribution < 1.29 is 18.6 Å². The van der Waals surface area contributed by atoms with Gasteiger partial charge < -0.3 is 9.84 Å². The van der Waals surface area contributed by atoms with Gasteiger partial charge in [-0.25, -0.2) is 8.78 Å². The molecule has 0 fully saturated rings. The Bertz CT molecular complexity index is 329. The van der Waals surface area contributed by atoms with Crippen molar-refractivity contribution in [2.75, 3.05) is 13.7 Å². The fourth-order valence-electron chi connectivity index (χ4n) is 1.52. The summed E-state index contributed by atoms with van der Waals surface area (Å²) in [6.45, 7) is 0.558. The first-order chi connectivity index (χ1) is 7.63. The van der Waals surface area contributed by atoms with Crippen LogP contribution in [0, 0.1) is 11.6 Å². The normalized spacial score (nSPS) is 12.8. The lowest BCUT2D eigenvalue weighted by molar-refractivity contribution is 0.134. The molecule has 4 heteroatoms. The van der Waals surface area contributed by atoms with Crippen molar-refractivity contribution >= 4 is 0 Å². The van der Waals surface area contributed by atoms with E-state index in [2.05, 4.69) is 0 Å². The number of halogens is 2. The van der Waals surface area contributed by atoms with Crippen LogP contribution in [-0.4, -0.2) is 24.9 Å². The fraction of sp³-hybridized carbons (Fsp3) is 0.500. The molecule has 0 radical (unpaired) electrons. The third kappa shape index (κ3) is 4.24. The average molecular weight is 230 g/mol. The van der Waals surface area contributed by atoms with Gasteiger partial charge in [0, 0.05) is 20.1 Å². The first kappa shape index (κ1) is 13.1. The molecule has 2 nitrogen and oxygen atoms in total. The molecule has 0 amide bonds. The van der Waals surface area contributed by atoms with Crippen LogP contribution < -0.4 is 0 Å². The first-order valence-corrected chi connectivity index (χ1v) is 5.24. The lowest BCUT2D eigenvalue weighted by atomic mass is 10.0. The molecule has 90 valence electrons. The molecule has 16 heavy (non-hydrogen) atoms. The van der Waals surface area contributed by atoms with Crippen molar-refractivity contribution in [2.45, 2.75) is 25.4 Å². The van der Waals surface area contributed by atoms with Gasteiger partial charge >= 0.3 is 0 Å². The first-order valence-electron chi connectivity index (χ1n) is 5.24. The molecule has 0 aromatic heterocycles. The van der Waals surface area contributed by atoms with Gasteiger partial charge in [-0.1, -0.05) is 0 Å². The lowest BCUT2D eigenvalue weighted by Crippen LogP contribution is -2.12. The van der Waals surface area contributed by atoms with Crippen molar-refractivity contribution in [3.8, 4) is 0 Å². The minimum Gasteiger partial charge on any atom is -0.393 e. The second-order valence-corrected chi connectivity index (χ2v) is 3.73. The van der Waals surface area contributed by atoms with Crippen molar-refractivity contribution in [1.82, 2.24) is 0 Å². The fourth-order valence-corrected chi connectivity index (χ4v) is 1.52. The van der Waals surface area contributed by atoms with Gasteiger partial charge in [0.1, 0.15) is 11.6 Å². The van der Waals surface area contributed by atoms with Crippen LogP contribution in [0.4, 0.5) is 8.78 Å². The predicted octanol–water partition coefficient (Wildman–Crippen LogP) is 2.29. The Labute approximate surface area is 93.9 Å². The van der Waals surface area contributed by atoms with E-state index in [4.69, 9.17) is 4.74 Å². The van der Waals surface area contributed by atoms with Gasteiger partial charge in [0.05, 0.1) is 6.10 Å². The Balaban J connectivity index is 2.48. The number of ether oxygens (including phenoxy) is 1. The minimum absolute atomic E-state index is 0.132. The average Bonchev–Trinajstić information content (AvgIpc) is 2.24. The molecule has 0 saturated heterocycles. The quantitative estimate of drug-likeness (QED) is 0.760. The zero-order valence-electron chi connectivity index (χ0n) is 9.25. The topological polar surface area (TPSA) is 29.5 Å². The largest absolute Gasteiger partial charge is 0.393 e. The summed E-state index contributed by atoms with van der Waals surface area (Å²) < 4.78 is 30.9. The molecule has 0 saturated carbocycles. The Morgan fingerprint density at radius 2 is 2.12 bits per heavy atom. The van der Waals surface area contributed by atoms with E-state index in [1.54, 1.807) is 7.11 Å². The Kier molecular flexibility index (Phi) is 5.35. The van der Waals surface area contributed by atoms with Gasteiger partial charge in [-0.15, -0.1) is 0 Å². The molecule has 1 unspecified atom stereocenters. The molecule has 0 aliphatic rings. The Morgan fingerprint density at radius 1 is 1.38 bits per heavy atom. The van der Waals surface area contributed by atoms with Gasteiger partial charge in [-0.2, -0.15) is 0 Å². The van der Waals surface area contributed by atoms with Crippen molar-refractivity contribution in [2.24, 2.45) is 0 Å². The van der Waals surface area contributed by atoms with E-state index >= 15 is 0 Å². The maximum atomic E-state index is 13.2. The van der Waals surface area contributed by atoms with E-state index in [1.807, 2.05) is 0 Å². The standard InChI is InChI=1S/C12H16F2O2/c1-16-6-2-3-11(15)8-9-7-10(13)4-5-12(9)14/h4-5,7,11,15H,2-3,6,8H2,1H3. The maximum absolute atomic E-state index is 13.2. The number of rotatable bonds is 6. The van der Waals surface area contributed by atoms with E-state index in [9.17, 15) is 13.9 Å². The van der Waals surface area contributed by atoms with Gasteiger partial charge in [0.25, 0.3) is 0 Å². The van der Waals surface area contributed by atoms with Crippen molar-refractivity contribution in [3.63, 3.8) is 0 Å². The SMILES string of the molecule is COCCCC(O)Cc1cc(F)ccc1F. The van der Waals surface area contributed by atoms with Gasteiger partial charge in [-0.05, 0) is 36.6 Å². The molecule has 1 aromatic rings. The van der Waals surface area contributed by atoms with Crippen LogP contribution in [-0.2, 0) is 11.2 Å². The zero-order valence-corrected chi connectivity index (χ0v) is 9.25. The van der Waals surface area contributed by atoms with Crippen molar-refractivity contribution in [3.05, 3.63) is 35.4 Å². The zero-order chi connectivity index (χ0) is 12.0. The van der Waals surface area contributed by atoms with Crippen LogP contribution in [0.1, 0.15) is 18.4 Å². The summed E-state index contributed by atoms with van der Waals surface area (Å²) in [4.78, 5) is 0. The highest BCUT2D eigenvalue weighted by Crippen LogP contribution is 2.13. The Morgan fingerprint density at radius 3 is 2.81 bits per heavy atom. The summed E-state index contributed by atoms with van der Waals surface area (Å²) in [5, 5.41) is 9.60. The van der Waals surface area contributed by atoms with E-state index in [1.165, 1.54) is 0 Å². The molecule has 1 N–H and O–H groups in total. The molecule has 0 bridgehead atoms. The van der Waals surface area contributed by atoms with E-state index in [0.29, 0.717) is 19.4 Å². The molecule has 1 aromatic carbocycles. The summed E-state index contributed by atoms with van der Waals surface area (Å²) in [6.07, 6.45) is 0.692. The third-order valence-corrected chi connectivity index (χ3v) is 2.35. The lowest BCUT2D eigenvalue weighted by Gasteiger charge is -2.10. The monoisotopic (exact) mass is 230 g/mol. The number of benzene rings is 1. The summed E-state index contributed by atoms with van der Waals surface area (Å²) in [6, 6.07) is 3.26. The molecular weight excluding hydrogens is 214 g/mol. The molecule has 0 heterocycles. The minimum atomic E-state index is -0.661. The summed E-state index contributed by atoms with van der Waals surface area (Å²) >= 11 is 0. The number of aliphatic hydroxyl groups is 1. The highest BCUT2D eigenvalue weighted by Gasteiger charge is 2.10. The van der Waals surface area contributed by atoms with E-state index < -0.39 is 17.7 Å².